The van der Waals surface area contributed by atoms with Crippen molar-refractivity contribution in [2.45, 2.75) is 50.5 Å². The Balaban J connectivity index is 1.56. The van der Waals surface area contributed by atoms with E-state index >= 15 is 0 Å². The smallest absolute Gasteiger partial charge is 0.356 e. The lowest BCUT2D eigenvalue weighted by Gasteiger charge is -2.19. The summed E-state index contributed by atoms with van der Waals surface area (Å²) in [4.78, 5) is 19.0. The number of halogens is 1. The number of benzene rings is 3. The second-order valence-electron chi connectivity index (χ2n) is 10.3. The van der Waals surface area contributed by atoms with Crippen LogP contribution in [0.1, 0.15) is 49.4 Å². The highest BCUT2D eigenvalue weighted by molar-refractivity contribution is 8.00. The molecule has 5 nitrogen and oxygen atoms in total. The highest BCUT2D eigenvalue weighted by Crippen LogP contribution is 2.42. The van der Waals surface area contributed by atoms with Gasteiger partial charge in [0.05, 0.1) is 23.3 Å². The minimum absolute atomic E-state index is 0.132. The van der Waals surface area contributed by atoms with Crippen LogP contribution in [0.2, 0.25) is 5.02 Å². The molecule has 0 saturated carbocycles. The summed E-state index contributed by atoms with van der Waals surface area (Å²) in [6, 6.07) is 25.8. The molecule has 0 aliphatic rings. The number of hydrogen-bond acceptors (Lipinski definition) is 5. The van der Waals surface area contributed by atoms with Crippen molar-refractivity contribution in [3.05, 3.63) is 101 Å². The monoisotopic (exact) mass is 558 g/mol. The van der Waals surface area contributed by atoms with Crippen LogP contribution in [-0.2, 0) is 17.9 Å². The third-order valence-electron chi connectivity index (χ3n) is 6.16. The fraction of sp³-hybridized carbons (Fsp3) is 0.250. The Bertz CT molecular complexity index is 1640. The van der Waals surface area contributed by atoms with E-state index in [0.29, 0.717) is 36.2 Å². The third-order valence-corrected chi connectivity index (χ3v) is 7.64. The summed E-state index contributed by atoms with van der Waals surface area (Å²) < 4.78 is 13.7. The zero-order valence-electron chi connectivity index (χ0n) is 22.5. The number of nitrogens with zero attached hydrogens (tertiary/aromatic N) is 2. The molecule has 0 aliphatic heterocycles. The normalized spacial score (nSPS) is 11.7. The molecular formula is C32H31ClN2O3S. The molecule has 0 saturated heterocycles. The van der Waals surface area contributed by atoms with Crippen LogP contribution < -0.4 is 4.74 Å². The van der Waals surface area contributed by atoms with Crippen LogP contribution >= 0.6 is 23.4 Å². The summed E-state index contributed by atoms with van der Waals surface area (Å²) in [6.07, 6.45) is 0. The molecular weight excluding hydrogens is 528 g/mol. The number of carbonyl (C=O) groups excluding carboxylic acids is 1. The average molecular weight is 559 g/mol. The van der Waals surface area contributed by atoms with Gasteiger partial charge in [-0.2, -0.15) is 0 Å². The van der Waals surface area contributed by atoms with Gasteiger partial charge in [0, 0.05) is 32.0 Å². The molecule has 0 radical (unpaired) electrons. The molecule has 0 fully saturated rings. The maximum Gasteiger partial charge on any atom is 0.356 e. The van der Waals surface area contributed by atoms with Crippen molar-refractivity contribution in [1.29, 1.82) is 0 Å². The largest absolute Gasteiger partial charge is 0.487 e. The lowest BCUT2D eigenvalue weighted by Crippen LogP contribution is -2.15. The number of ether oxygens (including phenoxy) is 2. The second kappa shape index (κ2) is 11.3. The average Bonchev–Trinajstić information content (AvgIpc) is 3.19. The van der Waals surface area contributed by atoms with Gasteiger partial charge in [0.1, 0.15) is 18.1 Å². The van der Waals surface area contributed by atoms with Gasteiger partial charge in [-0.05, 0) is 55.0 Å². The van der Waals surface area contributed by atoms with Gasteiger partial charge in [-0.3, -0.25) is 0 Å². The van der Waals surface area contributed by atoms with Gasteiger partial charge < -0.3 is 14.0 Å². The van der Waals surface area contributed by atoms with Gasteiger partial charge in [-0.1, -0.05) is 68.8 Å². The number of hydrogen-bond donors (Lipinski definition) is 0. The van der Waals surface area contributed by atoms with E-state index in [2.05, 4.69) is 26.8 Å². The van der Waals surface area contributed by atoms with E-state index in [4.69, 9.17) is 26.1 Å². The van der Waals surface area contributed by atoms with Gasteiger partial charge in [0.15, 0.2) is 0 Å². The Labute approximate surface area is 238 Å². The Morgan fingerprint density at radius 2 is 1.77 bits per heavy atom. The van der Waals surface area contributed by atoms with Gasteiger partial charge in [-0.25, -0.2) is 9.78 Å². The Morgan fingerprint density at radius 1 is 1.00 bits per heavy atom. The first-order valence-electron chi connectivity index (χ1n) is 13.0. The maximum atomic E-state index is 13.4. The molecule has 5 aromatic rings. The molecule has 5 rings (SSSR count). The van der Waals surface area contributed by atoms with Crippen LogP contribution in [0.5, 0.6) is 5.75 Å². The minimum atomic E-state index is -0.336. The van der Waals surface area contributed by atoms with Crippen molar-refractivity contribution in [3.63, 3.8) is 0 Å². The first-order valence-corrected chi connectivity index (χ1v) is 14.2. The summed E-state index contributed by atoms with van der Waals surface area (Å²) in [6.45, 7) is 9.39. The van der Waals surface area contributed by atoms with E-state index in [1.807, 2.05) is 84.3 Å². The molecule has 0 N–H and O–H groups in total. The van der Waals surface area contributed by atoms with Gasteiger partial charge in [0.2, 0.25) is 0 Å². The van der Waals surface area contributed by atoms with E-state index < -0.39 is 0 Å². The Morgan fingerprint density at radius 3 is 2.51 bits per heavy atom. The summed E-state index contributed by atoms with van der Waals surface area (Å²) in [5.41, 5.74) is 4.32. The quantitative estimate of drug-likeness (QED) is 0.141. The number of esters is 1. The van der Waals surface area contributed by atoms with Crippen molar-refractivity contribution in [2.75, 3.05) is 6.61 Å². The molecule has 0 unspecified atom stereocenters. The van der Waals surface area contributed by atoms with Gasteiger partial charge >= 0.3 is 5.97 Å². The van der Waals surface area contributed by atoms with Crippen molar-refractivity contribution >= 4 is 51.1 Å². The fourth-order valence-electron chi connectivity index (χ4n) is 4.49. The van der Waals surface area contributed by atoms with Crippen LogP contribution in [-0.4, -0.2) is 26.9 Å². The summed E-state index contributed by atoms with van der Waals surface area (Å²) in [5.74, 6) is 0.379. The van der Waals surface area contributed by atoms with Crippen molar-refractivity contribution in [2.24, 2.45) is 0 Å². The number of thioether (sulfide) groups is 1. The highest BCUT2D eigenvalue weighted by Gasteiger charge is 2.28. The van der Waals surface area contributed by atoms with Crippen molar-refractivity contribution in [1.82, 2.24) is 9.55 Å². The van der Waals surface area contributed by atoms with Crippen LogP contribution in [0.3, 0.4) is 0 Å². The summed E-state index contributed by atoms with van der Waals surface area (Å²) in [5, 5.41) is 2.73. The Kier molecular flexibility index (Phi) is 7.87. The van der Waals surface area contributed by atoms with Crippen LogP contribution in [0.15, 0.2) is 83.8 Å². The fourth-order valence-corrected chi connectivity index (χ4v) is 5.79. The van der Waals surface area contributed by atoms with Crippen LogP contribution in [0.4, 0.5) is 0 Å². The van der Waals surface area contributed by atoms with Gasteiger partial charge in [0.25, 0.3) is 0 Å². The number of rotatable bonds is 8. The SMILES string of the molecule is CCOC(=O)c1c(SC(C)(C)C)c2cc(OCc3ccc4ccccc4n3)ccc2n1Cc1ccc(Cl)cc1. The van der Waals surface area contributed by atoms with Gasteiger partial charge in [-0.15, -0.1) is 11.8 Å². The number of fused-ring (bicyclic) bond motifs is 2. The predicted octanol–water partition coefficient (Wildman–Crippen LogP) is 8.54. The zero-order valence-corrected chi connectivity index (χ0v) is 24.1. The van der Waals surface area contributed by atoms with Crippen molar-refractivity contribution in [3.8, 4) is 5.75 Å². The topological polar surface area (TPSA) is 53.4 Å². The first-order chi connectivity index (χ1) is 18.7. The van der Waals surface area contributed by atoms with Crippen LogP contribution in [0, 0.1) is 0 Å². The van der Waals surface area contributed by atoms with E-state index in [1.54, 1.807) is 11.8 Å². The summed E-state index contributed by atoms with van der Waals surface area (Å²) >= 11 is 7.79. The molecule has 39 heavy (non-hydrogen) atoms. The van der Waals surface area contributed by atoms with E-state index in [-0.39, 0.29) is 10.7 Å². The molecule has 0 bridgehead atoms. The molecule has 2 heterocycles. The van der Waals surface area contributed by atoms with Crippen LogP contribution in [0.25, 0.3) is 21.8 Å². The molecule has 3 aromatic carbocycles. The van der Waals surface area contributed by atoms with Crippen molar-refractivity contribution < 1.29 is 14.3 Å². The highest BCUT2D eigenvalue weighted by atomic mass is 35.5. The molecule has 0 aliphatic carbocycles. The zero-order chi connectivity index (χ0) is 27.6. The molecule has 0 amide bonds. The first kappa shape index (κ1) is 27.1. The van der Waals surface area contributed by atoms with E-state index in [0.717, 1.165) is 38.0 Å². The molecule has 7 heteroatoms. The predicted molar refractivity (Wildman–Crippen MR) is 160 cm³/mol. The second-order valence-corrected chi connectivity index (χ2v) is 12.6. The Hall–Kier alpha value is -3.48. The number of para-hydroxylation sites is 1. The van der Waals surface area contributed by atoms with E-state index in [9.17, 15) is 4.79 Å². The molecule has 0 atom stereocenters. The minimum Gasteiger partial charge on any atom is -0.487 e. The lowest BCUT2D eigenvalue weighted by atomic mass is 10.2. The molecule has 2 aromatic heterocycles. The maximum absolute atomic E-state index is 13.4. The third kappa shape index (κ3) is 6.23. The molecule has 200 valence electrons. The van der Waals surface area contributed by atoms with E-state index in [1.165, 1.54) is 0 Å². The molecule has 0 spiro atoms. The number of aromatic nitrogens is 2. The summed E-state index contributed by atoms with van der Waals surface area (Å²) in [7, 11) is 0. The number of carbonyl (C=O) groups is 1. The number of pyridine rings is 1. The lowest BCUT2D eigenvalue weighted by molar-refractivity contribution is 0.0510. The standard InChI is InChI=1S/C32H31ClN2O3S/c1-5-37-31(36)29-30(39-32(2,3)4)26-18-25(38-20-24-15-12-22-8-6-7-9-27(22)34-24)16-17-28(26)35(29)19-21-10-13-23(33)14-11-21/h6-18H,5,19-20H2,1-4H3.